The van der Waals surface area contributed by atoms with Gasteiger partial charge < -0.3 is 19.9 Å². The standard InChI is InChI=1S/C23H25F2N7O/c1-14-27-20-21(30-8-4-15(24)5-9-30)28-23(29-22(20)32(14)17-6-10-33-11-7-17)31-13-26-18-3-2-16(25)12-19(18)31/h2-3,12-13,15,17,27H,1,4-11H2. The Morgan fingerprint density at radius 1 is 1.06 bits per heavy atom. The molecule has 172 valence electrons. The Balaban J connectivity index is 1.50. The van der Waals surface area contributed by atoms with Gasteiger partial charge in [0.1, 0.15) is 29.8 Å². The quantitative estimate of drug-likeness (QED) is 0.647. The summed E-state index contributed by atoms with van der Waals surface area (Å²) in [6.07, 6.45) is 3.45. The molecule has 1 aromatic carbocycles. The first-order chi connectivity index (χ1) is 16.1. The minimum Gasteiger partial charge on any atom is -0.381 e. The lowest BCUT2D eigenvalue weighted by Crippen LogP contribution is -2.38. The molecule has 0 saturated carbocycles. The van der Waals surface area contributed by atoms with Gasteiger partial charge in [-0.25, -0.2) is 13.8 Å². The molecule has 3 aliphatic rings. The van der Waals surface area contributed by atoms with Crippen LogP contribution < -0.4 is 15.1 Å². The number of alkyl halides is 1. The van der Waals surface area contributed by atoms with Crippen molar-refractivity contribution in [3.63, 3.8) is 0 Å². The normalized spacial score (nSPS) is 19.9. The summed E-state index contributed by atoms with van der Waals surface area (Å²) in [4.78, 5) is 18.4. The molecule has 0 unspecified atom stereocenters. The number of piperidine rings is 1. The molecule has 0 amide bonds. The van der Waals surface area contributed by atoms with Gasteiger partial charge in [0.25, 0.3) is 0 Å². The Bertz CT molecular complexity index is 1210. The van der Waals surface area contributed by atoms with E-state index in [2.05, 4.69) is 26.7 Å². The molecular formula is C23H25F2N7O. The van der Waals surface area contributed by atoms with Gasteiger partial charge in [0.05, 0.1) is 11.0 Å². The summed E-state index contributed by atoms with van der Waals surface area (Å²) in [6, 6.07) is 4.65. The number of anilines is 3. The molecule has 2 aromatic heterocycles. The molecule has 0 aliphatic carbocycles. The van der Waals surface area contributed by atoms with Crippen molar-refractivity contribution in [1.29, 1.82) is 0 Å². The number of nitrogens with one attached hydrogen (secondary N) is 1. The molecule has 10 heteroatoms. The lowest BCUT2D eigenvalue weighted by Gasteiger charge is -2.33. The molecular weight excluding hydrogens is 428 g/mol. The Hall–Kier alpha value is -3.27. The highest BCUT2D eigenvalue weighted by Crippen LogP contribution is 2.44. The maximum atomic E-state index is 14.0. The van der Waals surface area contributed by atoms with Gasteiger partial charge in [0.2, 0.25) is 5.95 Å². The van der Waals surface area contributed by atoms with Crippen molar-refractivity contribution < 1.29 is 13.5 Å². The van der Waals surface area contributed by atoms with Crippen LogP contribution in [0.25, 0.3) is 17.0 Å². The van der Waals surface area contributed by atoms with Crippen molar-refractivity contribution >= 4 is 28.4 Å². The predicted octanol–water partition coefficient (Wildman–Crippen LogP) is 3.78. The van der Waals surface area contributed by atoms with Crippen LogP contribution in [0, 0.1) is 5.82 Å². The molecule has 8 nitrogen and oxygen atoms in total. The zero-order chi connectivity index (χ0) is 22.5. The van der Waals surface area contributed by atoms with E-state index in [1.165, 1.54) is 12.1 Å². The number of imidazole rings is 1. The first kappa shape index (κ1) is 20.3. The second kappa shape index (κ2) is 7.95. The maximum Gasteiger partial charge on any atom is 0.239 e. The van der Waals surface area contributed by atoms with Crippen LogP contribution >= 0.6 is 0 Å². The Labute approximate surface area is 189 Å². The lowest BCUT2D eigenvalue weighted by molar-refractivity contribution is 0.0859. The largest absolute Gasteiger partial charge is 0.381 e. The number of hydrogen-bond donors (Lipinski definition) is 1. The van der Waals surface area contributed by atoms with Gasteiger partial charge in [-0.05, 0) is 37.8 Å². The highest BCUT2D eigenvalue weighted by Gasteiger charge is 2.36. The minimum absolute atomic E-state index is 0.198. The fourth-order valence-electron chi connectivity index (χ4n) is 4.92. The number of rotatable bonds is 3. The van der Waals surface area contributed by atoms with E-state index in [4.69, 9.17) is 14.7 Å². The highest BCUT2D eigenvalue weighted by atomic mass is 19.1. The third-order valence-corrected chi connectivity index (χ3v) is 6.65. The molecule has 33 heavy (non-hydrogen) atoms. The zero-order valence-electron chi connectivity index (χ0n) is 18.2. The third kappa shape index (κ3) is 3.49. The molecule has 2 fully saturated rings. The van der Waals surface area contributed by atoms with Crippen molar-refractivity contribution in [3.8, 4) is 5.95 Å². The van der Waals surface area contributed by atoms with Gasteiger partial charge in [-0.3, -0.25) is 4.57 Å². The summed E-state index contributed by atoms with van der Waals surface area (Å²) in [5.74, 6) is 2.22. The number of benzene rings is 1. The SMILES string of the molecule is C=C1Nc2c(N3CCC(F)CC3)nc(-n3cnc4ccc(F)cc43)nc2N1C1CCOCC1. The summed E-state index contributed by atoms with van der Waals surface area (Å²) in [5, 5.41) is 3.39. The Morgan fingerprint density at radius 3 is 2.61 bits per heavy atom. The Kier molecular flexibility index (Phi) is 4.90. The van der Waals surface area contributed by atoms with Gasteiger partial charge in [0, 0.05) is 38.4 Å². The lowest BCUT2D eigenvalue weighted by atomic mass is 10.1. The van der Waals surface area contributed by atoms with Crippen LogP contribution in [0.5, 0.6) is 0 Å². The fourth-order valence-corrected chi connectivity index (χ4v) is 4.92. The molecule has 2 saturated heterocycles. The molecule has 3 aliphatic heterocycles. The van der Waals surface area contributed by atoms with Gasteiger partial charge in [0.15, 0.2) is 11.6 Å². The summed E-state index contributed by atoms with van der Waals surface area (Å²) >= 11 is 0. The van der Waals surface area contributed by atoms with Crippen LogP contribution in [0.15, 0.2) is 36.9 Å². The molecule has 0 atom stereocenters. The highest BCUT2D eigenvalue weighted by molar-refractivity contribution is 5.88. The second-order valence-corrected chi connectivity index (χ2v) is 8.74. The first-order valence-corrected chi connectivity index (χ1v) is 11.4. The summed E-state index contributed by atoms with van der Waals surface area (Å²) in [6.45, 7) is 6.73. The van der Waals surface area contributed by atoms with Gasteiger partial charge in [-0.2, -0.15) is 9.97 Å². The van der Waals surface area contributed by atoms with E-state index in [0.29, 0.717) is 61.9 Å². The van der Waals surface area contributed by atoms with Crippen LogP contribution in [0.3, 0.4) is 0 Å². The van der Waals surface area contributed by atoms with E-state index >= 15 is 0 Å². The summed E-state index contributed by atoms with van der Waals surface area (Å²) in [5.41, 5.74) is 2.03. The number of nitrogens with zero attached hydrogens (tertiary/aromatic N) is 6. The topological polar surface area (TPSA) is 71.3 Å². The van der Waals surface area contributed by atoms with Gasteiger partial charge >= 0.3 is 0 Å². The Morgan fingerprint density at radius 2 is 1.82 bits per heavy atom. The average Bonchev–Trinajstić information content (AvgIpc) is 3.39. The third-order valence-electron chi connectivity index (χ3n) is 6.65. The molecule has 3 aromatic rings. The fraction of sp³-hybridized carbons (Fsp3) is 0.435. The van der Waals surface area contributed by atoms with E-state index in [1.54, 1.807) is 17.0 Å². The average molecular weight is 453 g/mol. The maximum absolute atomic E-state index is 14.0. The summed E-state index contributed by atoms with van der Waals surface area (Å²) in [7, 11) is 0. The van der Waals surface area contributed by atoms with Crippen molar-refractivity contribution in [2.45, 2.75) is 37.9 Å². The van der Waals surface area contributed by atoms with Crippen LogP contribution in [-0.2, 0) is 4.74 Å². The zero-order valence-corrected chi connectivity index (χ0v) is 18.2. The number of aromatic nitrogens is 4. The van der Waals surface area contributed by atoms with Crippen LogP contribution in [0.1, 0.15) is 25.7 Å². The number of fused-ring (bicyclic) bond motifs is 2. The first-order valence-electron chi connectivity index (χ1n) is 11.4. The minimum atomic E-state index is -0.794. The smallest absolute Gasteiger partial charge is 0.239 e. The molecule has 0 radical (unpaired) electrons. The molecule has 0 spiro atoms. The molecule has 0 bridgehead atoms. The summed E-state index contributed by atoms with van der Waals surface area (Å²) < 4.78 is 35.2. The van der Waals surface area contributed by atoms with E-state index in [-0.39, 0.29) is 11.9 Å². The van der Waals surface area contributed by atoms with Crippen molar-refractivity contribution in [3.05, 3.63) is 42.7 Å². The monoisotopic (exact) mass is 453 g/mol. The van der Waals surface area contributed by atoms with Gasteiger partial charge in [-0.15, -0.1) is 0 Å². The number of halogens is 2. The molecule has 1 N–H and O–H groups in total. The second-order valence-electron chi connectivity index (χ2n) is 8.74. The number of ether oxygens (including phenoxy) is 1. The van der Waals surface area contributed by atoms with E-state index in [9.17, 15) is 8.78 Å². The van der Waals surface area contributed by atoms with E-state index < -0.39 is 6.17 Å². The molecule has 5 heterocycles. The predicted molar refractivity (Wildman–Crippen MR) is 122 cm³/mol. The van der Waals surface area contributed by atoms with E-state index in [1.807, 2.05) is 0 Å². The van der Waals surface area contributed by atoms with Crippen molar-refractivity contribution in [2.24, 2.45) is 0 Å². The van der Waals surface area contributed by atoms with Crippen LogP contribution in [0.2, 0.25) is 0 Å². The van der Waals surface area contributed by atoms with Crippen LogP contribution in [-0.4, -0.2) is 58.0 Å². The van der Waals surface area contributed by atoms with Crippen molar-refractivity contribution in [1.82, 2.24) is 19.5 Å². The van der Waals surface area contributed by atoms with Gasteiger partial charge in [-0.1, -0.05) is 6.58 Å². The van der Waals surface area contributed by atoms with Crippen molar-refractivity contribution in [2.75, 3.05) is 41.4 Å². The molecule has 6 rings (SSSR count). The number of hydrogen-bond acceptors (Lipinski definition) is 7. The van der Waals surface area contributed by atoms with Crippen LogP contribution in [0.4, 0.5) is 26.1 Å². The van der Waals surface area contributed by atoms with E-state index in [0.717, 1.165) is 30.2 Å².